The molecule has 0 spiro atoms. The Bertz CT molecular complexity index is 224. The Balaban J connectivity index is 2.34. The van der Waals surface area contributed by atoms with Crippen molar-refractivity contribution in [1.82, 2.24) is 15.5 Å². The molecule has 5 nitrogen and oxygen atoms in total. The molecule has 0 aromatic heterocycles. The fraction of sp³-hybridized carbons (Fsp3) is 0.917. The molecule has 0 radical (unpaired) electrons. The van der Waals surface area contributed by atoms with E-state index < -0.39 is 0 Å². The molecule has 1 aliphatic rings. The number of likely N-dealkylation sites (N-methyl/N-ethyl adjacent to an activating group) is 1. The molecule has 1 heterocycles. The highest BCUT2D eigenvalue weighted by Crippen LogP contribution is 2.05. The van der Waals surface area contributed by atoms with E-state index in [1.165, 1.54) is 0 Å². The largest absolute Gasteiger partial charge is 0.385 e. The van der Waals surface area contributed by atoms with Crippen LogP contribution in [0.5, 0.6) is 0 Å². The summed E-state index contributed by atoms with van der Waals surface area (Å²) >= 11 is 0. The fourth-order valence-corrected chi connectivity index (χ4v) is 2.13. The molecule has 1 atom stereocenters. The summed E-state index contributed by atoms with van der Waals surface area (Å²) in [5.74, 6) is 0.145. The van der Waals surface area contributed by atoms with E-state index in [0.717, 1.165) is 45.6 Å². The van der Waals surface area contributed by atoms with Gasteiger partial charge in [0, 0.05) is 39.9 Å². The molecule has 5 heteroatoms. The second-order valence-electron chi connectivity index (χ2n) is 4.35. The number of hydrogen-bond donors (Lipinski definition) is 2. The van der Waals surface area contributed by atoms with Crippen molar-refractivity contribution in [3.8, 4) is 0 Å². The standard InChI is InChI=1S/C12H25N3O2/c1-3-14-12(16)11-10-13-6-8-15(11)7-4-5-9-17-2/h11,13H,3-10H2,1-2H3,(H,14,16). The number of nitrogens with one attached hydrogen (secondary N) is 2. The molecule has 0 saturated carbocycles. The second kappa shape index (κ2) is 8.44. The Hall–Kier alpha value is -0.650. The lowest BCUT2D eigenvalue weighted by molar-refractivity contribution is -0.127. The van der Waals surface area contributed by atoms with Crippen molar-refractivity contribution < 1.29 is 9.53 Å². The maximum Gasteiger partial charge on any atom is 0.238 e. The highest BCUT2D eigenvalue weighted by atomic mass is 16.5. The summed E-state index contributed by atoms with van der Waals surface area (Å²) in [6.07, 6.45) is 2.15. The van der Waals surface area contributed by atoms with E-state index >= 15 is 0 Å². The Morgan fingerprint density at radius 2 is 2.35 bits per heavy atom. The van der Waals surface area contributed by atoms with Gasteiger partial charge < -0.3 is 15.4 Å². The lowest BCUT2D eigenvalue weighted by Gasteiger charge is -2.35. The minimum atomic E-state index is -0.00811. The lowest BCUT2D eigenvalue weighted by atomic mass is 10.1. The van der Waals surface area contributed by atoms with Gasteiger partial charge in [-0.2, -0.15) is 0 Å². The van der Waals surface area contributed by atoms with Gasteiger partial charge in [0.2, 0.25) is 5.91 Å². The molecule has 1 aliphatic heterocycles. The van der Waals surface area contributed by atoms with Crippen LogP contribution in [0.1, 0.15) is 19.8 Å². The zero-order valence-corrected chi connectivity index (χ0v) is 11.0. The summed E-state index contributed by atoms with van der Waals surface area (Å²) in [5, 5.41) is 6.18. The van der Waals surface area contributed by atoms with Crippen molar-refractivity contribution >= 4 is 5.91 Å². The van der Waals surface area contributed by atoms with Crippen LogP contribution in [0.4, 0.5) is 0 Å². The monoisotopic (exact) mass is 243 g/mol. The number of ether oxygens (including phenoxy) is 1. The van der Waals surface area contributed by atoms with Crippen molar-refractivity contribution in [2.75, 3.05) is 46.4 Å². The van der Waals surface area contributed by atoms with Gasteiger partial charge in [-0.05, 0) is 26.3 Å². The van der Waals surface area contributed by atoms with E-state index in [9.17, 15) is 4.79 Å². The van der Waals surface area contributed by atoms with Crippen LogP contribution in [-0.2, 0) is 9.53 Å². The fourth-order valence-electron chi connectivity index (χ4n) is 2.13. The number of unbranched alkanes of at least 4 members (excludes halogenated alkanes) is 1. The van der Waals surface area contributed by atoms with Crippen LogP contribution >= 0.6 is 0 Å². The van der Waals surface area contributed by atoms with Gasteiger partial charge in [0.1, 0.15) is 6.04 Å². The number of nitrogens with zero attached hydrogens (tertiary/aromatic N) is 1. The van der Waals surface area contributed by atoms with Crippen molar-refractivity contribution in [3.05, 3.63) is 0 Å². The molecule has 0 aromatic carbocycles. The molecule has 17 heavy (non-hydrogen) atoms. The SMILES string of the molecule is CCNC(=O)C1CNCCN1CCCCOC. The molecule has 0 aromatic rings. The van der Waals surface area contributed by atoms with Crippen LogP contribution < -0.4 is 10.6 Å². The summed E-state index contributed by atoms with van der Waals surface area (Å²) in [7, 11) is 1.72. The molecule has 2 N–H and O–H groups in total. The summed E-state index contributed by atoms with van der Waals surface area (Å²) in [5.41, 5.74) is 0. The molecule has 1 saturated heterocycles. The van der Waals surface area contributed by atoms with Gasteiger partial charge in [-0.25, -0.2) is 0 Å². The average Bonchev–Trinajstić information content (AvgIpc) is 2.35. The van der Waals surface area contributed by atoms with E-state index in [-0.39, 0.29) is 11.9 Å². The van der Waals surface area contributed by atoms with E-state index in [0.29, 0.717) is 6.54 Å². The first-order chi connectivity index (χ1) is 8.29. The third kappa shape index (κ3) is 5.02. The summed E-state index contributed by atoms with van der Waals surface area (Å²) in [6.45, 7) is 7.12. The first-order valence-electron chi connectivity index (χ1n) is 6.51. The van der Waals surface area contributed by atoms with Crippen LogP contribution in [0, 0.1) is 0 Å². The molecular weight excluding hydrogens is 218 g/mol. The Morgan fingerprint density at radius 1 is 1.53 bits per heavy atom. The Morgan fingerprint density at radius 3 is 3.06 bits per heavy atom. The van der Waals surface area contributed by atoms with Gasteiger partial charge in [-0.1, -0.05) is 0 Å². The quantitative estimate of drug-likeness (QED) is 0.609. The molecule has 1 unspecified atom stereocenters. The lowest BCUT2D eigenvalue weighted by Crippen LogP contribution is -2.57. The van der Waals surface area contributed by atoms with Crippen LogP contribution in [0.25, 0.3) is 0 Å². The molecule has 0 aliphatic carbocycles. The third-order valence-electron chi connectivity index (χ3n) is 3.05. The Labute approximate surface area is 104 Å². The molecule has 1 rings (SSSR count). The van der Waals surface area contributed by atoms with Crippen LogP contribution in [0.3, 0.4) is 0 Å². The molecular formula is C12H25N3O2. The predicted octanol–water partition coefficient (Wildman–Crippen LogP) is -0.177. The first-order valence-corrected chi connectivity index (χ1v) is 6.51. The molecule has 100 valence electrons. The number of hydrogen-bond acceptors (Lipinski definition) is 4. The van der Waals surface area contributed by atoms with Gasteiger partial charge in [0.15, 0.2) is 0 Å². The van der Waals surface area contributed by atoms with Crippen LogP contribution in [0.15, 0.2) is 0 Å². The van der Waals surface area contributed by atoms with Crippen molar-refractivity contribution in [2.24, 2.45) is 0 Å². The minimum absolute atomic E-state index is 0.00811. The number of piperazine rings is 1. The smallest absolute Gasteiger partial charge is 0.238 e. The maximum absolute atomic E-state index is 11.9. The number of carbonyl (C=O) groups excluding carboxylic acids is 1. The molecule has 1 amide bonds. The number of amides is 1. The third-order valence-corrected chi connectivity index (χ3v) is 3.05. The van der Waals surface area contributed by atoms with E-state index in [1.54, 1.807) is 7.11 Å². The van der Waals surface area contributed by atoms with E-state index in [1.807, 2.05) is 6.92 Å². The highest BCUT2D eigenvalue weighted by Gasteiger charge is 2.27. The average molecular weight is 243 g/mol. The predicted molar refractivity (Wildman–Crippen MR) is 68.0 cm³/mol. The van der Waals surface area contributed by atoms with Crippen molar-refractivity contribution in [3.63, 3.8) is 0 Å². The van der Waals surface area contributed by atoms with Crippen LogP contribution in [-0.4, -0.2) is 63.3 Å². The summed E-state index contributed by atoms with van der Waals surface area (Å²) in [4.78, 5) is 14.2. The number of carbonyl (C=O) groups is 1. The first kappa shape index (κ1) is 14.4. The molecule has 0 bridgehead atoms. The molecule has 1 fully saturated rings. The van der Waals surface area contributed by atoms with Gasteiger partial charge in [0.05, 0.1) is 0 Å². The zero-order valence-electron chi connectivity index (χ0n) is 11.0. The minimum Gasteiger partial charge on any atom is -0.385 e. The van der Waals surface area contributed by atoms with Crippen molar-refractivity contribution in [1.29, 1.82) is 0 Å². The van der Waals surface area contributed by atoms with Crippen LogP contribution in [0.2, 0.25) is 0 Å². The highest BCUT2D eigenvalue weighted by molar-refractivity contribution is 5.82. The second-order valence-corrected chi connectivity index (χ2v) is 4.35. The topological polar surface area (TPSA) is 53.6 Å². The maximum atomic E-state index is 11.9. The number of methoxy groups -OCH3 is 1. The summed E-state index contributed by atoms with van der Waals surface area (Å²) < 4.78 is 5.03. The van der Waals surface area contributed by atoms with Gasteiger partial charge in [-0.15, -0.1) is 0 Å². The van der Waals surface area contributed by atoms with Gasteiger partial charge >= 0.3 is 0 Å². The van der Waals surface area contributed by atoms with Gasteiger partial charge in [0.25, 0.3) is 0 Å². The van der Waals surface area contributed by atoms with E-state index in [2.05, 4.69) is 15.5 Å². The zero-order chi connectivity index (χ0) is 12.5. The Kier molecular flexibility index (Phi) is 7.16. The van der Waals surface area contributed by atoms with Gasteiger partial charge in [-0.3, -0.25) is 9.69 Å². The van der Waals surface area contributed by atoms with E-state index in [4.69, 9.17) is 4.74 Å². The normalized spacial score (nSPS) is 21.4. The van der Waals surface area contributed by atoms with Crippen molar-refractivity contribution in [2.45, 2.75) is 25.8 Å². The summed E-state index contributed by atoms with van der Waals surface area (Å²) in [6, 6.07) is -0.00811. The number of rotatable bonds is 7.